The highest BCUT2D eigenvalue weighted by Gasteiger charge is 2.22. The van der Waals surface area contributed by atoms with Gasteiger partial charge in [0.1, 0.15) is 11.5 Å². The van der Waals surface area contributed by atoms with Gasteiger partial charge in [-0.1, -0.05) is 95.7 Å². The smallest absolute Gasteiger partial charge is 0.338 e. The minimum atomic E-state index is -0.384. The molecule has 270 valence electrons. The van der Waals surface area contributed by atoms with Gasteiger partial charge in [-0.25, -0.2) is 4.79 Å². The zero-order valence-electron chi connectivity index (χ0n) is 30.8. The number of aryl methyl sites for hydroxylation is 1. The lowest BCUT2D eigenvalue weighted by atomic mass is 9.76. The van der Waals surface area contributed by atoms with Crippen molar-refractivity contribution >= 4 is 11.9 Å². The second-order valence-electron chi connectivity index (χ2n) is 14.1. The molecule has 1 atom stereocenters. The first-order chi connectivity index (χ1) is 24.2. The van der Waals surface area contributed by atoms with E-state index in [0.717, 1.165) is 37.2 Å². The van der Waals surface area contributed by atoms with Crippen molar-refractivity contribution in [2.45, 2.75) is 136 Å². The van der Waals surface area contributed by atoms with Crippen LogP contribution in [-0.2, 0) is 14.4 Å². The van der Waals surface area contributed by atoms with Gasteiger partial charge >= 0.3 is 11.9 Å². The number of carbonyl (C=O) groups excluding carboxylic acids is 2. The molecule has 0 heterocycles. The number of ether oxygens (including phenoxy) is 2. The van der Waals surface area contributed by atoms with Gasteiger partial charge in [-0.2, -0.15) is 0 Å². The first-order valence-corrected chi connectivity index (χ1v) is 19.0. The molecule has 1 fully saturated rings. The third kappa shape index (κ3) is 12.7. The third-order valence-electron chi connectivity index (χ3n) is 9.91. The maximum absolute atomic E-state index is 12.5. The largest absolute Gasteiger partial charge is 0.459 e. The summed E-state index contributed by atoms with van der Waals surface area (Å²) in [6.07, 6.45) is 16.6. The molecule has 0 aliphatic heterocycles. The molecule has 3 aromatic carbocycles. The Balaban J connectivity index is 1.16. The van der Waals surface area contributed by atoms with Crippen molar-refractivity contribution in [3.05, 3.63) is 95.8 Å². The van der Waals surface area contributed by atoms with Crippen LogP contribution in [-0.4, -0.2) is 18.0 Å². The normalized spacial score (nSPS) is 16.3. The molecule has 0 spiro atoms. The predicted octanol–water partition coefficient (Wildman–Crippen LogP) is 12.2. The summed E-state index contributed by atoms with van der Waals surface area (Å²) in [5.41, 5.74) is 5.49. The van der Waals surface area contributed by atoms with E-state index >= 15 is 0 Å². The standard InChI is InChI=1S/C44H58O6/c1-6-8-10-12-14-35-16-18-36(19-17-35)39-24-29-42(32(3)31-39)37-20-25-40(26-21-37)48-43(45)30-15-34(5)49-50-41-27-22-38(23-28-41)44(46)47-33(4)13-11-9-7-2/h20-29,31,33,35-36H,5-19,30H2,1-4H3. The van der Waals surface area contributed by atoms with Gasteiger partial charge < -0.3 is 9.47 Å². The van der Waals surface area contributed by atoms with Gasteiger partial charge in [0.25, 0.3) is 0 Å². The fourth-order valence-corrected chi connectivity index (χ4v) is 6.82. The van der Waals surface area contributed by atoms with Gasteiger partial charge in [0.15, 0.2) is 5.75 Å². The van der Waals surface area contributed by atoms with Crippen molar-refractivity contribution in [1.29, 1.82) is 0 Å². The van der Waals surface area contributed by atoms with Crippen molar-refractivity contribution < 1.29 is 28.8 Å². The van der Waals surface area contributed by atoms with Crippen LogP contribution in [0, 0.1) is 12.8 Å². The van der Waals surface area contributed by atoms with Gasteiger partial charge in [-0.3, -0.25) is 14.6 Å². The quantitative estimate of drug-likeness (QED) is 0.0295. The highest BCUT2D eigenvalue weighted by Crippen LogP contribution is 2.39. The van der Waals surface area contributed by atoms with E-state index in [1.54, 1.807) is 24.3 Å². The molecular weight excluding hydrogens is 624 g/mol. The van der Waals surface area contributed by atoms with E-state index in [2.05, 4.69) is 45.5 Å². The topological polar surface area (TPSA) is 71.1 Å². The van der Waals surface area contributed by atoms with Crippen LogP contribution in [0.1, 0.15) is 144 Å². The minimum absolute atomic E-state index is 0.0898. The molecule has 4 rings (SSSR count). The SMILES string of the molecule is C=C(CCC(=O)Oc1ccc(-c2ccc(C3CCC(CCCCCC)CC3)cc2C)cc1)OOc1ccc(C(=O)OC(C)CCCCC)cc1. The Morgan fingerprint density at radius 1 is 0.800 bits per heavy atom. The Hall–Kier alpha value is -4.06. The first-order valence-electron chi connectivity index (χ1n) is 19.0. The molecule has 0 N–H and O–H groups in total. The molecular formula is C44H58O6. The summed E-state index contributed by atoms with van der Waals surface area (Å²) >= 11 is 0. The van der Waals surface area contributed by atoms with Crippen LogP contribution in [0.3, 0.4) is 0 Å². The number of hydrogen-bond acceptors (Lipinski definition) is 6. The number of carbonyl (C=O) groups is 2. The van der Waals surface area contributed by atoms with Gasteiger partial charge in [-0.05, 0) is 123 Å². The predicted molar refractivity (Wildman–Crippen MR) is 201 cm³/mol. The average molecular weight is 683 g/mol. The van der Waals surface area contributed by atoms with Gasteiger partial charge in [-0.15, -0.1) is 0 Å². The van der Waals surface area contributed by atoms with Crippen LogP contribution < -0.4 is 9.62 Å². The van der Waals surface area contributed by atoms with Gasteiger partial charge in [0.05, 0.1) is 18.1 Å². The molecule has 0 aromatic heterocycles. The Morgan fingerprint density at radius 3 is 2.16 bits per heavy atom. The van der Waals surface area contributed by atoms with E-state index in [9.17, 15) is 9.59 Å². The van der Waals surface area contributed by atoms with E-state index in [0.29, 0.717) is 23.0 Å². The Labute approximate surface area is 300 Å². The summed E-state index contributed by atoms with van der Waals surface area (Å²) in [4.78, 5) is 35.5. The Kier molecular flexibility index (Phi) is 15.9. The fraction of sp³-hybridized carbons (Fsp3) is 0.500. The second-order valence-corrected chi connectivity index (χ2v) is 14.1. The van der Waals surface area contributed by atoms with E-state index in [-0.39, 0.29) is 36.6 Å². The second kappa shape index (κ2) is 20.6. The lowest BCUT2D eigenvalue weighted by molar-refractivity contribution is -0.169. The van der Waals surface area contributed by atoms with E-state index in [4.69, 9.17) is 19.2 Å². The van der Waals surface area contributed by atoms with Crippen LogP contribution in [0.5, 0.6) is 11.5 Å². The fourth-order valence-electron chi connectivity index (χ4n) is 6.82. The minimum Gasteiger partial charge on any atom is -0.459 e. The zero-order chi connectivity index (χ0) is 35.7. The molecule has 0 radical (unpaired) electrons. The maximum atomic E-state index is 12.5. The van der Waals surface area contributed by atoms with Crippen LogP contribution in [0.4, 0.5) is 0 Å². The van der Waals surface area contributed by atoms with Crippen molar-refractivity contribution in [2.24, 2.45) is 5.92 Å². The highest BCUT2D eigenvalue weighted by molar-refractivity contribution is 5.89. The van der Waals surface area contributed by atoms with Crippen LogP contribution in [0.15, 0.2) is 79.1 Å². The molecule has 1 saturated carbocycles. The molecule has 6 nitrogen and oxygen atoms in total. The van der Waals surface area contributed by atoms with Crippen molar-refractivity contribution in [3.63, 3.8) is 0 Å². The monoisotopic (exact) mass is 682 g/mol. The van der Waals surface area contributed by atoms with Crippen molar-refractivity contribution in [3.8, 4) is 22.6 Å². The summed E-state index contributed by atoms with van der Waals surface area (Å²) in [7, 11) is 0. The van der Waals surface area contributed by atoms with E-state index < -0.39 is 0 Å². The molecule has 50 heavy (non-hydrogen) atoms. The molecule has 1 aliphatic carbocycles. The molecule has 0 amide bonds. The zero-order valence-corrected chi connectivity index (χ0v) is 30.8. The summed E-state index contributed by atoms with van der Waals surface area (Å²) < 4.78 is 11.1. The number of benzene rings is 3. The maximum Gasteiger partial charge on any atom is 0.338 e. The first kappa shape index (κ1) is 38.7. The van der Waals surface area contributed by atoms with E-state index in [1.165, 1.54) is 74.5 Å². The summed E-state index contributed by atoms with van der Waals surface area (Å²) in [5.74, 6) is 2.03. The molecule has 3 aromatic rings. The molecule has 0 bridgehead atoms. The van der Waals surface area contributed by atoms with E-state index in [1.807, 2.05) is 31.2 Å². The third-order valence-corrected chi connectivity index (χ3v) is 9.91. The molecule has 0 saturated heterocycles. The number of hydrogen-bond donors (Lipinski definition) is 0. The lowest BCUT2D eigenvalue weighted by Gasteiger charge is -2.29. The molecule has 6 heteroatoms. The molecule has 1 aliphatic rings. The molecule has 1 unspecified atom stereocenters. The Bertz CT molecular complexity index is 1480. The Morgan fingerprint density at radius 2 is 1.48 bits per heavy atom. The van der Waals surface area contributed by atoms with Gasteiger partial charge in [0, 0.05) is 6.42 Å². The number of rotatable bonds is 20. The number of unbranched alkanes of at least 4 members (excludes halogenated alkanes) is 5. The van der Waals surface area contributed by atoms with Crippen LogP contribution in [0.2, 0.25) is 0 Å². The number of esters is 2. The van der Waals surface area contributed by atoms with Crippen molar-refractivity contribution in [2.75, 3.05) is 0 Å². The van der Waals surface area contributed by atoms with Crippen molar-refractivity contribution in [1.82, 2.24) is 0 Å². The van der Waals surface area contributed by atoms with Crippen LogP contribution in [0.25, 0.3) is 11.1 Å². The summed E-state index contributed by atoms with van der Waals surface area (Å²) in [5, 5.41) is 0. The van der Waals surface area contributed by atoms with Gasteiger partial charge in [0.2, 0.25) is 0 Å². The highest BCUT2D eigenvalue weighted by atomic mass is 17.2. The number of allylic oxidation sites excluding steroid dienone is 1. The average Bonchev–Trinajstić information content (AvgIpc) is 3.12. The lowest BCUT2D eigenvalue weighted by Crippen LogP contribution is -2.15. The summed E-state index contributed by atoms with van der Waals surface area (Å²) in [6, 6.07) is 21.1. The summed E-state index contributed by atoms with van der Waals surface area (Å²) in [6.45, 7) is 12.4. The van der Waals surface area contributed by atoms with Crippen LogP contribution >= 0.6 is 0 Å².